The molecule has 0 aromatic heterocycles. The summed E-state index contributed by atoms with van der Waals surface area (Å²) in [7, 11) is 0. The topological polar surface area (TPSA) is 108 Å². The molecule has 1 saturated carbocycles. The van der Waals surface area contributed by atoms with E-state index in [1.54, 1.807) is 6.08 Å². The fourth-order valence-electron chi connectivity index (χ4n) is 8.31. The van der Waals surface area contributed by atoms with Crippen molar-refractivity contribution in [1.29, 1.82) is 0 Å². The summed E-state index contributed by atoms with van der Waals surface area (Å²) in [4.78, 5) is 51.0. The van der Waals surface area contributed by atoms with E-state index in [0.717, 1.165) is 60.4 Å². The third kappa shape index (κ3) is 6.05. The highest BCUT2D eigenvalue weighted by atomic mass is 32.2. The molecule has 3 atom stereocenters. The Morgan fingerprint density at radius 1 is 1.24 bits per heavy atom. The fourth-order valence-corrected chi connectivity index (χ4v) is 9.38. The zero-order valence-electron chi connectivity index (χ0n) is 27.8. The second-order valence-electron chi connectivity index (χ2n) is 14.0. The summed E-state index contributed by atoms with van der Waals surface area (Å²) in [5.41, 5.74) is 6.90. The number of hydrogen-bond donors (Lipinski definition) is 2. The summed E-state index contributed by atoms with van der Waals surface area (Å²) < 4.78 is 2.09. The molecule has 2 N–H and O–H groups in total. The molecule has 1 fully saturated rings. The van der Waals surface area contributed by atoms with Crippen LogP contribution in [0.2, 0.25) is 0 Å². The first-order valence-corrected chi connectivity index (χ1v) is 17.3. The van der Waals surface area contributed by atoms with Gasteiger partial charge in [-0.1, -0.05) is 45.4 Å². The quantitative estimate of drug-likeness (QED) is 0.187. The van der Waals surface area contributed by atoms with E-state index in [1.807, 2.05) is 45.9 Å². The third-order valence-corrected chi connectivity index (χ3v) is 12.1. The van der Waals surface area contributed by atoms with E-state index in [2.05, 4.69) is 40.9 Å². The van der Waals surface area contributed by atoms with Gasteiger partial charge in [0.2, 0.25) is 11.0 Å². The highest BCUT2D eigenvalue weighted by molar-refractivity contribution is 8.14. The predicted molar refractivity (Wildman–Crippen MR) is 184 cm³/mol. The Hall–Kier alpha value is -3.20. The van der Waals surface area contributed by atoms with Crippen molar-refractivity contribution in [2.75, 3.05) is 29.3 Å². The Morgan fingerprint density at radius 3 is 2.62 bits per heavy atom. The molecule has 1 aromatic rings. The normalized spacial score (nSPS) is 28.9. The van der Waals surface area contributed by atoms with Gasteiger partial charge in [0.25, 0.3) is 0 Å². The second-order valence-corrected chi connectivity index (χ2v) is 15.0. The minimum Gasteiger partial charge on any atom is -0.382 e. The number of nitroso groups, excluding NO2 is 1. The van der Waals surface area contributed by atoms with Gasteiger partial charge in [-0.25, -0.2) is 0 Å². The summed E-state index contributed by atoms with van der Waals surface area (Å²) in [6, 6.07) is 1.85. The molecule has 8 nitrogen and oxygen atoms in total. The lowest BCUT2D eigenvalue weighted by atomic mass is 9.51. The lowest BCUT2D eigenvalue weighted by Gasteiger charge is -2.53. The molecule has 1 amide bonds. The molecular formula is C36H48N4O4S. The largest absolute Gasteiger partial charge is 0.382 e. The summed E-state index contributed by atoms with van der Waals surface area (Å²) in [6.45, 7) is 16.4. The summed E-state index contributed by atoms with van der Waals surface area (Å²) in [5, 5.41) is 9.95. The van der Waals surface area contributed by atoms with Crippen LogP contribution in [0.15, 0.2) is 46.2 Å². The predicted octanol–water partition coefficient (Wildman–Crippen LogP) is 8.23. The third-order valence-electron chi connectivity index (χ3n) is 10.9. The number of allylic oxidation sites excluding steroid dienone is 6. The van der Waals surface area contributed by atoms with Gasteiger partial charge >= 0.3 is 0 Å². The molecule has 0 saturated heterocycles. The lowest BCUT2D eigenvalue weighted by Crippen LogP contribution is -2.51. The number of carbonyl (C=O) groups excluding carboxylic acids is 3. The smallest absolute Gasteiger partial charge is 0.220 e. The number of hydrogen-bond acceptors (Lipinski definition) is 8. The lowest BCUT2D eigenvalue weighted by molar-refractivity contribution is -0.140. The van der Waals surface area contributed by atoms with Crippen LogP contribution < -0.4 is 14.9 Å². The van der Waals surface area contributed by atoms with Gasteiger partial charge in [0.1, 0.15) is 5.69 Å². The number of ketones is 1. The molecule has 45 heavy (non-hydrogen) atoms. The number of benzene rings is 1. The summed E-state index contributed by atoms with van der Waals surface area (Å²) in [5.74, 6) is 0.752. The van der Waals surface area contributed by atoms with Crippen LogP contribution in [0.1, 0.15) is 110 Å². The molecular weight excluding hydrogens is 584 g/mol. The first-order chi connectivity index (χ1) is 21.4. The fraction of sp³-hybridized carbons (Fsp3) is 0.583. The van der Waals surface area contributed by atoms with Crippen LogP contribution in [0.3, 0.4) is 0 Å². The highest BCUT2D eigenvalue weighted by Gasteiger charge is 2.56. The molecule has 2 unspecified atom stereocenters. The van der Waals surface area contributed by atoms with Gasteiger partial charge in [-0.3, -0.25) is 14.4 Å². The van der Waals surface area contributed by atoms with Crippen LogP contribution in [-0.4, -0.2) is 36.4 Å². The number of anilines is 2. The maximum atomic E-state index is 13.8. The van der Waals surface area contributed by atoms with E-state index in [0.29, 0.717) is 37.4 Å². The van der Waals surface area contributed by atoms with Crippen LogP contribution in [0.4, 0.5) is 17.1 Å². The van der Waals surface area contributed by atoms with E-state index in [9.17, 15) is 19.3 Å². The van der Waals surface area contributed by atoms with Gasteiger partial charge in [-0.15, -0.1) is 4.91 Å². The monoisotopic (exact) mass is 632 g/mol. The number of amides is 1. The van der Waals surface area contributed by atoms with Crippen LogP contribution in [0, 0.1) is 21.7 Å². The number of nitrogens with one attached hydrogen (secondary N) is 2. The van der Waals surface area contributed by atoms with Gasteiger partial charge in [0.15, 0.2) is 5.78 Å². The molecule has 2 aliphatic heterocycles. The summed E-state index contributed by atoms with van der Waals surface area (Å²) >= 11 is 1.27. The molecule has 0 spiro atoms. The standard InChI is InChI=1S/C36H48N4O4S/c1-8-21(4)30-23(6)28(41)12-11-25(30)13-14-37-29(42)16-36(10-3)19-35(7,20-36)34(43)45-40-18-24(9-2)32-27(40)15-26(39-44)33-31(32)22(5)17-38-33/h8,11-12,15,22,24-25,38H,9-10,13-14,16-20H2,1-7H3,(H,37,42)/b21-8-/t22?,24-,25?,35?,36?/m1/s1. The Bertz CT molecular complexity index is 1500. The Kier molecular flexibility index (Phi) is 9.50. The maximum absolute atomic E-state index is 13.8. The molecule has 2 heterocycles. The number of nitrogens with zero attached hydrogens (tertiary/aromatic N) is 2. The van der Waals surface area contributed by atoms with Crippen molar-refractivity contribution in [3.63, 3.8) is 0 Å². The van der Waals surface area contributed by atoms with Crippen molar-refractivity contribution in [2.45, 2.75) is 98.8 Å². The Labute approximate surface area is 272 Å². The Morgan fingerprint density at radius 2 is 1.98 bits per heavy atom. The summed E-state index contributed by atoms with van der Waals surface area (Å²) in [6.07, 6.45) is 9.93. The average Bonchev–Trinajstić information content (AvgIpc) is 3.56. The van der Waals surface area contributed by atoms with Crippen molar-refractivity contribution in [3.05, 3.63) is 57.0 Å². The first kappa shape index (κ1) is 33.2. The molecule has 5 rings (SSSR count). The number of carbonyl (C=O) groups is 3. The highest BCUT2D eigenvalue weighted by Crippen LogP contribution is 2.61. The molecule has 242 valence electrons. The zero-order chi connectivity index (χ0) is 32.7. The van der Waals surface area contributed by atoms with Crippen LogP contribution in [-0.2, 0) is 14.4 Å². The van der Waals surface area contributed by atoms with Crippen LogP contribution >= 0.6 is 11.9 Å². The minimum absolute atomic E-state index is 0.0182. The molecule has 1 aromatic carbocycles. The first-order valence-electron chi connectivity index (χ1n) is 16.5. The molecule has 0 radical (unpaired) electrons. The SMILES string of the molecule is C/C=C(/C)C1=C(C)C(=O)C=CC1CCNC(=O)CC1(CC)CC(C)(C(=O)SN2C[C@@H](CC)c3c2cc(N=O)c2c3C(C)CN2)C1. The zero-order valence-corrected chi connectivity index (χ0v) is 28.7. The number of rotatable bonds is 11. The maximum Gasteiger partial charge on any atom is 0.220 e. The van der Waals surface area contributed by atoms with Crippen LogP contribution in [0.25, 0.3) is 0 Å². The van der Waals surface area contributed by atoms with E-state index >= 15 is 0 Å². The van der Waals surface area contributed by atoms with Gasteiger partial charge in [0, 0.05) is 66.7 Å². The van der Waals surface area contributed by atoms with E-state index in [1.165, 1.54) is 23.1 Å². The van der Waals surface area contributed by atoms with Gasteiger partial charge in [-0.2, -0.15) is 0 Å². The van der Waals surface area contributed by atoms with Crippen molar-refractivity contribution in [3.8, 4) is 0 Å². The number of fused-ring (bicyclic) bond motifs is 3. The minimum atomic E-state index is -0.511. The second kappa shape index (κ2) is 12.9. The molecule has 9 heteroatoms. The van der Waals surface area contributed by atoms with Crippen molar-refractivity contribution >= 4 is 45.8 Å². The molecule has 4 aliphatic rings. The molecule has 2 aliphatic carbocycles. The molecule has 0 bridgehead atoms. The van der Waals surface area contributed by atoms with E-state index in [-0.39, 0.29) is 34.1 Å². The van der Waals surface area contributed by atoms with Gasteiger partial charge < -0.3 is 14.9 Å². The van der Waals surface area contributed by atoms with E-state index in [4.69, 9.17) is 0 Å². The van der Waals surface area contributed by atoms with Gasteiger partial charge in [0.05, 0.1) is 11.4 Å². The van der Waals surface area contributed by atoms with Crippen molar-refractivity contribution in [1.82, 2.24) is 5.32 Å². The van der Waals surface area contributed by atoms with Crippen molar-refractivity contribution in [2.24, 2.45) is 21.9 Å². The van der Waals surface area contributed by atoms with Gasteiger partial charge in [-0.05, 0) is 92.3 Å². The Balaban J connectivity index is 1.20. The van der Waals surface area contributed by atoms with Crippen LogP contribution in [0.5, 0.6) is 0 Å². The van der Waals surface area contributed by atoms with E-state index < -0.39 is 5.41 Å². The van der Waals surface area contributed by atoms with Crippen molar-refractivity contribution < 1.29 is 14.4 Å². The average molecular weight is 633 g/mol.